The highest BCUT2D eigenvalue weighted by Crippen LogP contribution is 2.43. The fraction of sp³-hybridized carbons (Fsp3) is 0.0943. The van der Waals surface area contributed by atoms with Crippen molar-refractivity contribution in [1.82, 2.24) is 16.3 Å². The van der Waals surface area contributed by atoms with Crippen LogP contribution in [0, 0.1) is 32.4 Å². The maximum Gasteiger partial charge on any atom is 0.271 e. The molecular weight excluding hydrogens is 1920 g/mol. The number of aryl methyl sites for hydroxylation is 1. The first-order valence-corrected chi connectivity index (χ1v) is 42.9. The van der Waals surface area contributed by atoms with Gasteiger partial charge >= 0.3 is 0 Å². The van der Waals surface area contributed by atoms with E-state index in [-0.39, 0.29) is 81.4 Å². The van der Waals surface area contributed by atoms with Gasteiger partial charge in [0.1, 0.15) is 54.3 Å². The van der Waals surface area contributed by atoms with Gasteiger partial charge in [-0.3, -0.25) is 43.7 Å². The van der Waals surface area contributed by atoms with Gasteiger partial charge in [-0.1, -0.05) is 97.1 Å². The summed E-state index contributed by atoms with van der Waals surface area (Å²) in [6.07, 6.45) is 8.32. The molecule has 0 fully saturated rings. The molecule has 0 radical (unpaired) electrons. The van der Waals surface area contributed by atoms with Crippen LogP contribution in [-0.4, -0.2) is 223 Å². The third-order valence-electron chi connectivity index (χ3n) is 21.2. The number of carbonyl (C=O) groups excluding carboxylic acids is 6. The lowest BCUT2D eigenvalue weighted by Crippen LogP contribution is -2.17. The molecule has 147 heavy (non-hydrogen) atoms. The Balaban J connectivity index is 0.000000181. The maximum atomic E-state index is 13.3. The van der Waals surface area contributed by atoms with E-state index in [1.54, 1.807) is 63.9 Å². The van der Waals surface area contributed by atoms with Gasteiger partial charge in [-0.2, -0.15) is 15.3 Å². The highest BCUT2D eigenvalue weighted by Gasteiger charge is 2.22. The first-order valence-electron chi connectivity index (χ1n) is 42.9. The minimum Gasteiger partial charge on any atom is -0.507 e. The summed E-state index contributed by atoms with van der Waals surface area (Å²) >= 11 is 0. The van der Waals surface area contributed by atoms with E-state index in [2.05, 4.69) is 46.6 Å². The predicted octanol–water partition coefficient (Wildman–Crippen LogP) is 15.1. The molecule has 23 N–H and O–H groups in total. The third kappa shape index (κ3) is 28.2. The van der Waals surface area contributed by atoms with Gasteiger partial charge in [0, 0.05) is 85.4 Å². The van der Waals surface area contributed by atoms with Crippen molar-refractivity contribution >= 4 is 105 Å². The first-order chi connectivity index (χ1) is 70.0. The van der Waals surface area contributed by atoms with Crippen molar-refractivity contribution in [3.63, 3.8) is 0 Å². The zero-order valence-electron chi connectivity index (χ0n) is 78.4. The SMILES string of the molecule is COc1c(C)cc(/C=N/NC(=O)c2cc(O)c(O)c(O)c2)cc1O.COc1ccc(/C=N/NC(=O)c2cc(O)c(O)c(O)c2)c(OC)c1C.COc1ccc2ccccc2c1C=NCC(=O)c1cc(O)c(O)c(O)c1.Cc1c(F)cc(/C=N/NC(=O)c2cc(O)c(O)c(O)c2)cc1F.O=C(CN=Cc1c(O)ccc2ccccc12)c1cc(O)c(O)c(O)c1.O=C(CN=Cc1ccc2ccccc2c1)c1cc(O)c(O)c(O)c1. The zero-order chi connectivity index (χ0) is 107. The molecule has 39 nitrogen and oxygen atoms in total. The number of aliphatic imine (C=N–C) groups is 3. The summed E-state index contributed by atoms with van der Waals surface area (Å²) in [5.41, 5.74) is 11.1. The standard InChI is InChI=1S/C20H17NO5.C19H15NO5.C19H15NO4.C17H18N2O6.C16H16N2O6.C15H12F2N2O4/c1-26-19-7-6-12-4-2-3-5-14(12)15(19)10-21-11-18(24)13-8-16(22)20(25)17(23)9-13;21-15-6-5-11-3-1-2-4-13(11)14(15)9-20-10-18(24)12-7-16(22)19(25)17(23)8-12;21-16-8-15(9-17(22)19(16)24)18(23)11-20-10-12-5-6-13-3-1-2-4-14(13)7-12;1-9-14(24-2)5-4-10(16(9)25-3)8-18-19-17(23)11-6-12(20)15(22)13(21)7-11;1-8-3-9(4-13(21)15(8)24-2)7-17-18-16(23)10-5-11(19)14(22)12(20)6-10;1-7-10(16)2-8(3-11(7)17)6-18-19-15(23)9-4-12(20)14(22)13(21)5-9/h2-10,22-23,25H,11H2,1H3;1-9,21-23,25H,10H2;1-10,21-22,24H,11H2;4-8,20-22H,1-3H3,(H,19,23);3-7,19-22H,1-2H3,(H,18,23);2-6,20-22H,1H3,(H,19,23)/b;;;18-8+;17-7+;18-6+. The Morgan fingerprint density at radius 2 is 0.605 bits per heavy atom. The van der Waals surface area contributed by atoms with E-state index in [4.69, 9.17) is 18.9 Å². The number of amides is 3. The van der Waals surface area contributed by atoms with Gasteiger partial charge in [-0.15, -0.1) is 0 Å². The molecule has 0 aliphatic heterocycles. The van der Waals surface area contributed by atoms with Crippen molar-refractivity contribution in [2.24, 2.45) is 30.3 Å². The lowest BCUT2D eigenvalue weighted by atomic mass is 10.0. The monoisotopic (exact) mass is 2010 g/mol. The van der Waals surface area contributed by atoms with Gasteiger partial charge in [0.25, 0.3) is 17.7 Å². The molecule has 0 atom stereocenters. The van der Waals surface area contributed by atoms with Gasteiger partial charge in [0.05, 0.1) is 47.1 Å². The molecule has 0 saturated carbocycles. The summed E-state index contributed by atoms with van der Waals surface area (Å²) < 4.78 is 47.6. The van der Waals surface area contributed by atoms with Gasteiger partial charge in [0.2, 0.25) is 0 Å². The minimum absolute atomic E-state index is 0.0205. The number of fused-ring (bicyclic) bond motifs is 3. The Bertz CT molecular complexity index is 7540. The zero-order valence-corrected chi connectivity index (χ0v) is 78.4. The summed E-state index contributed by atoms with van der Waals surface area (Å²) in [5, 5.41) is 205. The van der Waals surface area contributed by atoms with Crippen LogP contribution in [0.3, 0.4) is 0 Å². The molecule has 0 spiro atoms. The highest BCUT2D eigenvalue weighted by atomic mass is 19.1. The molecule has 15 aromatic carbocycles. The van der Waals surface area contributed by atoms with Gasteiger partial charge in [0.15, 0.2) is 132 Å². The summed E-state index contributed by atoms with van der Waals surface area (Å²) in [6, 6.07) is 57.2. The van der Waals surface area contributed by atoms with Crippen molar-refractivity contribution in [3.05, 3.63) is 320 Å². The lowest BCUT2D eigenvalue weighted by Gasteiger charge is -2.12. The van der Waals surface area contributed by atoms with E-state index in [1.807, 2.05) is 110 Å². The average molecular weight is 2010 g/mol. The summed E-state index contributed by atoms with van der Waals surface area (Å²) in [7, 11) is 6.07. The number of Topliss-reactive ketones (excluding diaryl/α,β-unsaturated/α-hetero) is 3. The molecule has 0 aromatic heterocycles. The second kappa shape index (κ2) is 49.9. The van der Waals surface area contributed by atoms with Crippen LogP contribution in [0.15, 0.2) is 255 Å². The van der Waals surface area contributed by atoms with E-state index in [9.17, 15) is 140 Å². The highest BCUT2D eigenvalue weighted by molar-refractivity contribution is 6.07. The average Bonchev–Trinajstić information content (AvgIpc) is 0.766. The number of phenolic OH excluding ortho intramolecular Hbond substituents is 20. The van der Waals surface area contributed by atoms with Crippen LogP contribution in [0.4, 0.5) is 8.78 Å². The number of hydrogen-bond donors (Lipinski definition) is 23. The fourth-order valence-electron chi connectivity index (χ4n) is 13.6. The third-order valence-corrected chi connectivity index (χ3v) is 21.2. The second-order valence-electron chi connectivity index (χ2n) is 31.2. The molecule has 0 bridgehead atoms. The van der Waals surface area contributed by atoms with Crippen molar-refractivity contribution < 1.29 is 159 Å². The number of nitrogens with zero attached hydrogens (tertiary/aromatic N) is 6. The normalized spacial score (nSPS) is 11.0. The quantitative estimate of drug-likeness (QED) is 0.0109. The largest absolute Gasteiger partial charge is 0.507 e. The van der Waals surface area contributed by atoms with E-state index in [0.717, 1.165) is 140 Å². The lowest BCUT2D eigenvalue weighted by molar-refractivity contribution is 0.0946. The van der Waals surface area contributed by atoms with E-state index >= 15 is 0 Å². The summed E-state index contributed by atoms with van der Waals surface area (Å²) in [5.74, 6) is -14.1. The summed E-state index contributed by atoms with van der Waals surface area (Å²) in [6.45, 7) is 4.31. The van der Waals surface area contributed by atoms with Crippen LogP contribution in [0.1, 0.15) is 112 Å². The van der Waals surface area contributed by atoms with Crippen molar-refractivity contribution in [2.45, 2.75) is 20.8 Å². The number of hydrazone groups is 3. The number of ketones is 3. The predicted molar refractivity (Wildman–Crippen MR) is 539 cm³/mol. The number of phenols is 20. The maximum absolute atomic E-state index is 13.3. The van der Waals surface area contributed by atoms with Crippen LogP contribution >= 0.6 is 0 Å². The molecule has 0 aliphatic rings. The van der Waals surface area contributed by atoms with Gasteiger partial charge in [-0.05, 0) is 197 Å². The van der Waals surface area contributed by atoms with E-state index in [1.165, 1.54) is 45.9 Å². The summed E-state index contributed by atoms with van der Waals surface area (Å²) in [4.78, 5) is 84.4. The smallest absolute Gasteiger partial charge is 0.271 e. The van der Waals surface area contributed by atoms with Crippen LogP contribution in [0.5, 0.6) is 138 Å². The molecule has 0 heterocycles. The van der Waals surface area contributed by atoms with Crippen LogP contribution in [0.2, 0.25) is 0 Å². The minimum atomic E-state index is -0.806. The number of benzene rings is 15. The number of rotatable bonds is 25. The van der Waals surface area contributed by atoms with Gasteiger partial charge in [-0.25, -0.2) is 25.1 Å². The molecule has 0 saturated heterocycles. The molecule has 15 aromatic rings. The van der Waals surface area contributed by atoms with Crippen molar-refractivity contribution in [1.29, 1.82) is 0 Å². The van der Waals surface area contributed by atoms with Crippen LogP contribution in [0.25, 0.3) is 32.3 Å². The molecule has 3 amide bonds. The number of methoxy groups -OCH3 is 4. The molecule has 756 valence electrons. The molecular formula is C106H93F2N9O30. The Kier molecular flexibility index (Phi) is 36.9. The van der Waals surface area contributed by atoms with Crippen LogP contribution in [-0.2, 0) is 0 Å². The number of aromatic hydroxyl groups is 20. The molecule has 41 heteroatoms. The van der Waals surface area contributed by atoms with Crippen LogP contribution < -0.4 is 35.2 Å². The Hall–Kier alpha value is -20.4. The Morgan fingerprint density at radius 1 is 0.279 bits per heavy atom. The molecule has 15 rings (SSSR count). The number of ether oxygens (including phenoxy) is 4. The molecule has 0 unspecified atom stereocenters. The number of carbonyl (C=O) groups is 6. The molecule has 0 aliphatic carbocycles. The van der Waals surface area contributed by atoms with Crippen molar-refractivity contribution in [2.75, 3.05) is 48.1 Å². The Labute approximate surface area is 832 Å². The number of halogens is 2. The topological polar surface area (TPSA) is 654 Å². The first kappa shape index (κ1) is 109. The van der Waals surface area contributed by atoms with E-state index in [0.29, 0.717) is 45.3 Å². The van der Waals surface area contributed by atoms with E-state index < -0.39 is 144 Å². The number of hydrogen-bond acceptors (Lipinski definition) is 36. The second-order valence-corrected chi connectivity index (χ2v) is 31.2. The van der Waals surface area contributed by atoms with Crippen molar-refractivity contribution in [3.8, 4) is 138 Å². The Morgan fingerprint density at radius 3 is 0.993 bits per heavy atom. The number of nitrogens with one attached hydrogen (secondary N) is 3. The fourth-order valence-corrected chi connectivity index (χ4v) is 13.6. The van der Waals surface area contributed by atoms with Gasteiger partial charge < -0.3 is 121 Å².